The van der Waals surface area contributed by atoms with Crippen LogP contribution in [0.25, 0.3) is 0 Å². The molecule has 0 radical (unpaired) electrons. The summed E-state index contributed by atoms with van der Waals surface area (Å²) in [6, 6.07) is 2.08. The highest BCUT2D eigenvalue weighted by Crippen LogP contribution is 2.17. The minimum Gasteiger partial charge on any atom is -0.440 e. The number of oxazole rings is 1. The maximum absolute atomic E-state index is 8.86. The van der Waals surface area contributed by atoms with E-state index in [4.69, 9.17) is 9.68 Å². The number of hydrogen-bond acceptors (Lipinski definition) is 5. The number of nitriles is 1. The first-order valence-electron chi connectivity index (χ1n) is 4.94. The molecule has 0 saturated carbocycles. The van der Waals surface area contributed by atoms with Gasteiger partial charge in [-0.15, -0.1) is 0 Å². The van der Waals surface area contributed by atoms with Crippen molar-refractivity contribution in [3.8, 4) is 6.07 Å². The van der Waals surface area contributed by atoms with E-state index in [-0.39, 0.29) is 6.04 Å². The molecule has 4 nitrogen and oxygen atoms in total. The third-order valence-corrected chi connectivity index (χ3v) is 2.70. The van der Waals surface area contributed by atoms with E-state index in [1.807, 2.05) is 6.92 Å². The third-order valence-electron chi connectivity index (χ3n) is 1.77. The van der Waals surface area contributed by atoms with Gasteiger partial charge in [0.05, 0.1) is 11.8 Å². The Morgan fingerprint density at radius 3 is 3.07 bits per heavy atom. The first-order chi connectivity index (χ1) is 7.26. The second-order valence-corrected chi connectivity index (χ2v) is 4.17. The standard InChI is InChI=1S/C10H15N3OS/c1-3-4-12-9(5-11)7-15-10-13-8(2)6-14-10/h6,9,12H,3-4,7H2,1-2H3. The smallest absolute Gasteiger partial charge is 0.255 e. The topological polar surface area (TPSA) is 61.9 Å². The molecule has 82 valence electrons. The summed E-state index contributed by atoms with van der Waals surface area (Å²) in [5.74, 6) is 0.663. The molecule has 0 aliphatic heterocycles. The molecule has 0 aliphatic carbocycles. The fourth-order valence-corrected chi connectivity index (χ4v) is 1.84. The molecule has 15 heavy (non-hydrogen) atoms. The molecule has 0 aliphatic rings. The predicted molar refractivity (Wildman–Crippen MR) is 59.7 cm³/mol. The Bertz CT molecular complexity index is 332. The van der Waals surface area contributed by atoms with Crippen LogP contribution >= 0.6 is 11.8 Å². The summed E-state index contributed by atoms with van der Waals surface area (Å²) in [5, 5.41) is 12.6. The van der Waals surface area contributed by atoms with Crippen molar-refractivity contribution in [3.63, 3.8) is 0 Å². The van der Waals surface area contributed by atoms with E-state index in [0.717, 1.165) is 18.7 Å². The Kier molecular flexibility index (Phi) is 5.22. The summed E-state index contributed by atoms with van der Waals surface area (Å²) in [5.41, 5.74) is 0.868. The minimum absolute atomic E-state index is 0.137. The van der Waals surface area contributed by atoms with Gasteiger partial charge in [-0.3, -0.25) is 0 Å². The lowest BCUT2D eigenvalue weighted by molar-refractivity contribution is 0.453. The molecule has 5 heteroatoms. The van der Waals surface area contributed by atoms with Gasteiger partial charge in [0.1, 0.15) is 12.3 Å². The largest absolute Gasteiger partial charge is 0.440 e. The van der Waals surface area contributed by atoms with Gasteiger partial charge in [-0.25, -0.2) is 4.98 Å². The van der Waals surface area contributed by atoms with Crippen LogP contribution in [0.2, 0.25) is 0 Å². The molecule has 1 rings (SSSR count). The zero-order valence-electron chi connectivity index (χ0n) is 8.99. The van der Waals surface area contributed by atoms with Crippen molar-refractivity contribution >= 4 is 11.8 Å². The monoisotopic (exact) mass is 225 g/mol. The minimum atomic E-state index is -0.137. The molecule has 0 saturated heterocycles. The zero-order valence-corrected chi connectivity index (χ0v) is 9.80. The molecule has 0 spiro atoms. The number of aryl methyl sites for hydroxylation is 1. The van der Waals surface area contributed by atoms with Gasteiger partial charge in [-0.2, -0.15) is 5.26 Å². The number of nitrogens with zero attached hydrogens (tertiary/aromatic N) is 2. The summed E-state index contributed by atoms with van der Waals surface area (Å²) in [6.07, 6.45) is 2.64. The molecule has 0 bridgehead atoms. The van der Waals surface area contributed by atoms with Crippen molar-refractivity contribution in [2.45, 2.75) is 31.5 Å². The molecule has 1 aromatic heterocycles. The molecule has 1 unspecified atom stereocenters. The number of thioether (sulfide) groups is 1. The summed E-state index contributed by atoms with van der Waals surface area (Å²) < 4.78 is 5.18. The Labute approximate surface area is 94.1 Å². The average Bonchev–Trinajstić information content (AvgIpc) is 2.65. The molecule has 0 amide bonds. The van der Waals surface area contributed by atoms with Gasteiger partial charge >= 0.3 is 0 Å². The second kappa shape index (κ2) is 6.49. The van der Waals surface area contributed by atoms with Crippen LogP contribution in [0.5, 0.6) is 0 Å². The summed E-state index contributed by atoms with van der Waals surface area (Å²) >= 11 is 1.46. The average molecular weight is 225 g/mol. The van der Waals surface area contributed by atoms with Crippen LogP contribution in [0, 0.1) is 18.3 Å². The van der Waals surface area contributed by atoms with Gasteiger partial charge in [0, 0.05) is 5.75 Å². The van der Waals surface area contributed by atoms with E-state index in [1.54, 1.807) is 6.26 Å². The Morgan fingerprint density at radius 1 is 1.73 bits per heavy atom. The molecule has 1 aromatic rings. The maximum Gasteiger partial charge on any atom is 0.255 e. The van der Waals surface area contributed by atoms with Crippen LogP contribution < -0.4 is 5.32 Å². The number of hydrogen-bond donors (Lipinski definition) is 1. The van der Waals surface area contributed by atoms with Crippen LogP contribution in [0.4, 0.5) is 0 Å². The fourth-order valence-electron chi connectivity index (χ4n) is 1.01. The second-order valence-electron chi connectivity index (χ2n) is 3.20. The van der Waals surface area contributed by atoms with Crippen LogP contribution in [-0.4, -0.2) is 23.3 Å². The van der Waals surface area contributed by atoms with Crippen LogP contribution in [0.15, 0.2) is 15.9 Å². The van der Waals surface area contributed by atoms with E-state index >= 15 is 0 Å². The van der Waals surface area contributed by atoms with E-state index in [0.29, 0.717) is 11.0 Å². The molecular weight excluding hydrogens is 210 g/mol. The molecule has 1 heterocycles. The third kappa shape index (κ3) is 4.36. The van der Waals surface area contributed by atoms with E-state index in [2.05, 4.69) is 23.3 Å². The Hall–Kier alpha value is -0.990. The van der Waals surface area contributed by atoms with Crippen molar-refractivity contribution < 1.29 is 4.42 Å². The van der Waals surface area contributed by atoms with Crippen LogP contribution in [-0.2, 0) is 0 Å². The van der Waals surface area contributed by atoms with Crippen molar-refractivity contribution in [2.24, 2.45) is 0 Å². The van der Waals surface area contributed by atoms with Gasteiger partial charge in [-0.05, 0) is 19.9 Å². The molecule has 0 fully saturated rings. The summed E-state index contributed by atoms with van der Waals surface area (Å²) in [7, 11) is 0. The molecular formula is C10H15N3OS. The maximum atomic E-state index is 8.86. The van der Waals surface area contributed by atoms with E-state index < -0.39 is 0 Å². The lowest BCUT2D eigenvalue weighted by Crippen LogP contribution is -2.30. The lowest BCUT2D eigenvalue weighted by Gasteiger charge is -2.07. The summed E-state index contributed by atoms with van der Waals surface area (Å²) in [6.45, 7) is 4.82. The first-order valence-corrected chi connectivity index (χ1v) is 5.92. The fraction of sp³-hybridized carbons (Fsp3) is 0.600. The highest BCUT2D eigenvalue weighted by Gasteiger charge is 2.09. The number of aromatic nitrogens is 1. The van der Waals surface area contributed by atoms with Gasteiger partial charge in [0.25, 0.3) is 5.22 Å². The summed E-state index contributed by atoms with van der Waals surface area (Å²) in [4.78, 5) is 4.16. The Balaban J connectivity index is 2.31. The van der Waals surface area contributed by atoms with Crippen LogP contribution in [0.3, 0.4) is 0 Å². The zero-order chi connectivity index (χ0) is 11.1. The predicted octanol–water partition coefficient (Wildman–Crippen LogP) is 1.97. The Morgan fingerprint density at radius 2 is 2.53 bits per heavy atom. The van der Waals surface area contributed by atoms with Crippen molar-refractivity contribution in [1.29, 1.82) is 5.26 Å². The quantitative estimate of drug-likeness (QED) is 0.750. The number of rotatable bonds is 6. The van der Waals surface area contributed by atoms with Gasteiger partial charge < -0.3 is 9.73 Å². The SMILES string of the molecule is CCCNC(C#N)CSc1nc(C)co1. The molecule has 1 N–H and O–H groups in total. The van der Waals surface area contributed by atoms with Crippen LogP contribution in [0.1, 0.15) is 19.0 Å². The van der Waals surface area contributed by atoms with Gasteiger partial charge in [-0.1, -0.05) is 18.7 Å². The van der Waals surface area contributed by atoms with Crippen molar-refractivity contribution in [2.75, 3.05) is 12.3 Å². The van der Waals surface area contributed by atoms with Crippen molar-refractivity contribution in [3.05, 3.63) is 12.0 Å². The van der Waals surface area contributed by atoms with Crippen molar-refractivity contribution in [1.82, 2.24) is 10.3 Å². The van der Waals surface area contributed by atoms with Gasteiger partial charge in [0.2, 0.25) is 0 Å². The van der Waals surface area contributed by atoms with Gasteiger partial charge in [0.15, 0.2) is 0 Å². The first kappa shape index (κ1) is 12.1. The highest BCUT2D eigenvalue weighted by molar-refractivity contribution is 7.99. The molecule has 1 atom stereocenters. The van der Waals surface area contributed by atoms with E-state index in [1.165, 1.54) is 11.8 Å². The highest BCUT2D eigenvalue weighted by atomic mass is 32.2. The molecule has 0 aromatic carbocycles. The lowest BCUT2D eigenvalue weighted by atomic mass is 10.3. The van der Waals surface area contributed by atoms with E-state index in [9.17, 15) is 0 Å². The normalized spacial score (nSPS) is 12.3. The number of nitrogens with one attached hydrogen (secondary N) is 1.